The molecular weight excluding hydrogens is 568 g/mol. The van der Waals surface area contributed by atoms with Gasteiger partial charge in [0.15, 0.2) is 11.3 Å². The summed E-state index contributed by atoms with van der Waals surface area (Å²) in [6, 6.07) is 27.6. The lowest BCUT2D eigenvalue weighted by Gasteiger charge is -2.36. The molecular formula is C34H21ClN2O6. The van der Waals surface area contributed by atoms with Crippen molar-refractivity contribution in [1.29, 1.82) is 0 Å². The van der Waals surface area contributed by atoms with Crippen molar-refractivity contribution >= 4 is 57.8 Å². The van der Waals surface area contributed by atoms with E-state index >= 15 is 4.79 Å². The number of fused-ring (bicyclic) bond motifs is 3. The number of nitrogens with zero attached hydrogens (tertiary/aromatic N) is 2. The Hall–Kier alpha value is -5.47. The molecule has 1 atom stereocenters. The minimum absolute atomic E-state index is 0.0962. The predicted octanol–water partition coefficient (Wildman–Crippen LogP) is 5.63. The fraction of sp³-hybridized carbons (Fsp3) is 0.0588. The number of Topliss-reactive ketones (excluding diaryl/α,β-unsaturated/α-hetero) is 2. The molecule has 1 fully saturated rings. The number of carbonyl (C=O) groups excluding carboxylic acids is 4. The monoisotopic (exact) mass is 588 g/mol. The average Bonchev–Trinajstić information content (AvgIpc) is 3.57. The Balaban J connectivity index is 1.61. The quantitative estimate of drug-likeness (QED) is 0.188. The first-order valence-electron chi connectivity index (χ1n) is 13.3. The minimum Gasteiger partial charge on any atom is -0.507 e. The number of aliphatic hydroxyl groups is 1. The van der Waals surface area contributed by atoms with Crippen molar-refractivity contribution in [2.45, 2.75) is 5.54 Å². The van der Waals surface area contributed by atoms with Crippen molar-refractivity contribution in [3.8, 4) is 5.75 Å². The van der Waals surface area contributed by atoms with Gasteiger partial charge >= 0.3 is 5.91 Å². The topological polar surface area (TPSA) is 104 Å². The van der Waals surface area contributed by atoms with Crippen LogP contribution in [0.1, 0.15) is 21.5 Å². The van der Waals surface area contributed by atoms with Gasteiger partial charge in [-0.3, -0.25) is 29.0 Å². The number of anilines is 2. The average molecular weight is 589 g/mol. The van der Waals surface area contributed by atoms with E-state index in [1.807, 2.05) is 0 Å². The number of hydrogen-bond acceptors (Lipinski definition) is 6. The van der Waals surface area contributed by atoms with Gasteiger partial charge < -0.3 is 9.84 Å². The summed E-state index contributed by atoms with van der Waals surface area (Å²) in [5.74, 6) is -3.50. The second-order valence-corrected chi connectivity index (χ2v) is 10.6. The number of carbonyl (C=O) groups is 4. The molecule has 2 aliphatic heterocycles. The zero-order chi connectivity index (χ0) is 30.0. The van der Waals surface area contributed by atoms with Crippen LogP contribution < -0.4 is 14.5 Å². The Labute approximate surface area is 250 Å². The number of halogens is 1. The number of hydrogen-bond donors (Lipinski definition) is 1. The molecule has 210 valence electrons. The summed E-state index contributed by atoms with van der Waals surface area (Å²) in [4.78, 5) is 59.9. The fourth-order valence-corrected chi connectivity index (χ4v) is 6.30. The number of methoxy groups -OCH3 is 1. The van der Waals surface area contributed by atoms with E-state index in [9.17, 15) is 19.5 Å². The highest BCUT2D eigenvalue weighted by Crippen LogP contribution is 2.57. The molecule has 0 bridgehead atoms. The summed E-state index contributed by atoms with van der Waals surface area (Å²) in [5, 5.41) is 12.1. The van der Waals surface area contributed by atoms with Gasteiger partial charge in [0.25, 0.3) is 11.7 Å². The lowest BCUT2D eigenvalue weighted by atomic mass is 9.79. The third kappa shape index (κ3) is 3.50. The number of ether oxygens (including phenoxy) is 1. The Bertz CT molecular complexity index is 1950. The molecule has 4 aromatic carbocycles. The zero-order valence-electron chi connectivity index (χ0n) is 22.6. The molecule has 1 aliphatic carbocycles. The highest BCUT2D eigenvalue weighted by Gasteiger charge is 2.71. The summed E-state index contributed by atoms with van der Waals surface area (Å²) >= 11 is 6.15. The van der Waals surface area contributed by atoms with E-state index in [1.54, 1.807) is 78.9 Å². The third-order valence-electron chi connectivity index (χ3n) is 8.01. The molecule has 8 nitrogen and oxygen atoms in total. The molecule has 1 N–H and O–H groups in total. The number of rotatable bonds is 4. The largest absolute Gasteiger partial charge is 0.507 e. The van der Waals surface area contributed by atoms with Crippen LogP contribution in [0.5, 0.6) is 5.75 Å². The molecule has 2 heterocycles. The summed E-state index contributed by atoms with van der Waals surface area (Å²) < 4.78 is 5.30. The molecule has 2 amide bonds. The molecule has 3 aliphatic rings. The summed E-state index contributed by atoms with van der Waals surface area (Å²) in [7, 11) is 1.51. The molecule has 9 heteroatoms. The zero-order valence-corrected chi connectivity index (χ0v) is 23.3. The van der Waals surface area contributed by atoms with E-state index in [0.29, 0.717) is 27.6 Å². The van der Waals surface area contributed by atoms with E-state index in [1.165, 1.54) is 36.3 Å². The van der Waals surface area contributed by atoms with Gasteiger partial charge in [-0.25, -0.2) is 0 Å². The molecule has 1 spiro atoms. The maximum atomic E-state index is 15.1. The Morgan fingerprint density at radius 1 is 0.744 bits per heavy atom. The second-order valence-electron chi connectivity index (χ2n) is 10.2. The van der Waals surface area contributed by atoms with Crippen molar-refractivity contribution in [2.24, 2.45) is 0 Å². The first kappa shape index (κ1) is 26.4. The molecule has 7 rings (SSSR count). The van der Waals surface area contributed by atoms with Crippen molar-refractivity contribution in [1.82, 2.24) is 0 Å². The highest BCUT2D eigenvalue weighted by molar-refractivity contribution is 6.58. The van der Waals surface area contributed by atoms with Crippen LogP contribution in [0.4, 0.5) is 11.4 Å². The molecule has 0 saturated carbocycles. The Morgan fingerprint density at radius 3 is 2.00 bits per heavy atom. The Morgan fingerprint density at radius 2 is 1.35 bits per heavy atom. The van der Waals surface area contributed by atoms with Crippen LogP contribution in [0, 0.1) is 0 Å². The maximum Gasteiger partial charge on any atom is 0.300 e. The fourth-order valence-electron chi connectivity index (χ4n) is 6.18. The first-order valence-corrected chi connectivity index (χ1v) is 13.7. The molecule has 0 aromatic heterocycles. The lowest BCUT2D eigenvalue weighted by Crippen LogP contribution is -2.57. The number of ketones is 2. The number of benzene rings is 4. The normalized spacial score (nSPS) is 20.3. The SMILES string of the molecule is COc1ccc(N2C(=O)C3(C4=C2c2ccccc2C4=O)/C(=C(\O)c2ccccc2)C(=O)C(=O)N3c2ccc(Cl)cc2)cc1. The Kier molecular flexibility index (Phi) is 5.86. The molecule has 4 aromatic rings. The highest BCUT2D eigenvalue weighted by atomic mass is 35.5. The van der Waals surface area contributed by atoms with Crippen LogP contribution in [0.15, 0.2) is 114 Å². The summed E-state index contributed by atoms with van der Waals surface area (Å²) in [5.41, 5.74) is -1.18. The molecule has 0 radical (unpaired) electrons. The number of aliphatic hydroxyl groups excluding tert-OH is 1. The first-order chi connectivity index (χ1) is 20.8. The van der Waals surface area contributed by atoms with Gasteiger partial charge in [0, 0.05) is 33.1 Å². The van der Waals surface area contributed by atoms with Gasteiger partial charge in [-0.2, -0.15) is 0 Å². The van der Waals surface area contributed by atoms with Gasteiger partial charge in [-0.05, 0) is 48.5 Å². The van der Waals surface area contributed by atoms with Crippen molar-refractivity contribution < 1.29 is 29.0 Å². The van der Waals surface area contributed by atoms with Crippen molar-refractivity contribution in [2.75, 3.05) is 16.9 Å². The van der Waals surface area contributed by atoms with E-state index < -0.39 is 40.3 Å². The van der Waals surface area contributed by atoms with Crippen LogP contribution in [0.3, 0.4) is 0 Å². The van der Waals surface area contributed by atoms with Crippen LogP contribution in [0.2, 0.25) is 5.02 Å². The van der Waals surface area contributed by atoms with Crippen molar-refractivity contribution in [3.05, 3.63) is 136 Å². The van der Waals surface area contributed by atoms with Gasteiger partial charge in [-0.1, -0.05) is 66.2 Å². The van der Waals surface area contributed by atoms with E-state index in [2.05, 4.69) is 0 Å². The van der Waals surface area contributed by atoms with Gasteiger partial charge in [-0.15, -0.1) is 0 Å². The third-order valence-corrected chi connectivity index (χ3v) is 8.26. The number of amides is 2. The summed E-state index contributed by atoms with van der Waals surface area (Å²) in [6.45, 7) is 0. The van der Waals surface area contributed by atoms with E-state index in [4.69, 9.17) is 16.3 Å². The predicted molar refractivity (Wildman–Crippen MR) is 161 cm³/mol. The standard InChI is InChI=1S/C34H21ClN2O6/c1-43-23-17-15-21(16-18-23)36-28-24-9-5-6-10-25(24)30(39)26(28)34(33(36)42)27(29(38)19-7-3-2-4-8-19)31(40)32(41)37(34)22-13-11-20(35)12-14-22/h2-18,38H,1H3/b29-27-. The van der Waals surface area contributed by atoms with Crippen LogP contribution in [-0.4, -0.2) is 41.1 Å². The molecule has 1 unspecified atom stereocenters. The second kappa shape index (κ2) is 9.54. The van der Waals surface area contributed by atoms with Crippen LogP contribution >= 0.6 is 11.6 Å². The van der Waals surface area contributed by atoms with E-state index in [0.717, 1.165) is 4.90 Å². The van der Waals surface area contributed by atoms with Gasteiger partial charge in [0.2, 0.25) is 0 Å². The molecule has 1 saturated heterocycles. The maximum absolute atomic E-state index is 15.1. The smallest absolute Gasteiger partial charge is 0.300 e. The lowest BCUT2D eigenvalue weighted by molar-refractivity contribution is -0.132. The van der Waals surface area contributed by atoms with Crippen LogP contribution in [0.25, 0.3) is 11.5 Å². The minimum atomic E-state index is -2.33. The van der Waals surface area contributed by atoms with Crippen LogP contribution in [-0.2, 0) is 14.4 Å². The van der Waals surface area contributed by atoms with Crippen molar-refractivity contribution in [3.63, 3.8) is 0 Å². The van der Waals surface area contributed by atoms with E-state index in [-0.39, 0.29) is 22.5 Å². The molecule has 43 heavy (non-hydrogen) atoms. The summed E-state index contributed by atoms with van der Waals surface area (Å²) in [6.07, 6.45) is 0. The van der Waals surface area contributed by atoms with Gasteiger partial charge in [0.1, 0.15) is 11.5 Å². The van der Waals surface area contributed by atoms with Gasteiger partial charge in [0.05, 0.1) is 24.0 Å².